The van der Waals surface area contributed by atoms with E-state index in [0.717, 1.165) is 0 Å². The van der Waals surface area contributed by atoms with Gasteiger partial charge in [-0.25, -0.2) is 0 Å². The molecule has 21 heavy (non-hydrogen) atoms. The number of hydrogen-bond acceptors (Lipinski definition) is 3. The van der Waals surface area contributed by atoms with Crippen molar-refractivity contribution in [2.75, 3.05) is 5.32 Å². The number of rotatable bonds is 2. The van der Waals surface area contributed by atoms with Crippen molar-refractivity contribution in [3.8, 4) is 12.1 Å². The third-order valence-electron chi connectivity index (χ3n) is 2.68. The highest BCUT2D eigenvalue weighted by molar-refractivity contribution is 6.47. The topological polar surface area (TPSA) is 59.6 Å². The zero-order chi connectivity index (χ0) is 15.6. The van der Waals surface area contributed by atoms with E-state index in [2.05, 4.69) is 5.32 Å². The number of para-hydroxylation sites is 1. The standard InChI is InChI=1S/C14H5Cl4N3/c15-9-3-1-2-4-10(9)21-14-8(6-20)11(16)7(5-19)12(17)13(14)18/h1-4,21H. The van der Waals surface area contributed by atoms with Gasteiger partial charge >= 0.3 is 0 Å². The fraction of sp³-hybridized carbons (Fsp3) is 0. The fourth-order valence-electron chi connectivity index (χ4n) is 1.68. The smallest absolute Gasteiger partial charge is 0.103 e. The second kappa shape index (κ2) is 6.43. The Balaban J connectivity index is 2.68. The summed E-state index contributed by atoms with van der Waals surface area (Å²) in [6, 6.07) is 10.7. The molecule has 0 atom stereocenters. The van der Waals surface area contributed by atoms with Crippen molar-refractivity contribution in [3.05, 3.63) is 55.5 Å². The average Bonchev–Trinajstić information content (AvgIpc) is 2.47. The van der Waals surface area contributed by atoms with Crippen LogP contribution in [0.5, 0.6) is 0 Å². The van der Waals surface area contributed by atoms with Crippen molar-refractivity contribution in [2.45, 2.75) is 0 Å². The maximum Gasteiger partial charge on any atom is 0.103 e. The summed E-state index contributed by atoms with van der Waals surface area (Å²) in [7, 11) is 0. The van der Waals surface area contributed by atoms with Gasteiger partial charge in [-0.2, -0.15) is 10.5 Å². The van der Waals surface area contributed by atoms with Crippen LogP contribution in [0.3, 0.4) is 0 Å². The zero-order valence-electron chi connectivity index (χ0n) is 10.2. The Morgan fingerprint density at radius 1 is 0.810 bits per heavy atom. The van der Waals surface area contributed by atoms with Crippen molar-refractivity contribution < 1.29 is 0 Å². The molecule has 0 bridgehead atoms. The first-order chi connectivity index (χ1) is 10.0. The average molecular weight is 357 g/mol. The van der Waals surface area contributed by atoms with Crippen molar-refractivity contribution in [2.24, 2.45) is 0 Å². The fourth-order valence-corrected chi connectivity index (χ4v) is 2.65. The van der Waals surface area contributed by atoms with Crippen LogP contribution in [-0.2, 0) is 0 Å². The third-order valence-corrected chi connectivity index (χ3v) is 4.24. The summed E-state index contributed by atoms with van der Waals surface area (Å²) < 4.78 is 0. The summed E-state index contributed by atoms with van der Waals surface area (Å²) in [5.74, 6) is 0. The normalized spacial score (nSPS) is 9.81. The first kappa shape index (κ1) is 15.8. The van der Waals surface area contributed by atoms with Crippen LogP contribution in [0.15, 0.2) is 24.3 Å². The Morgan fingerprint density at radius 3 is 2.00 bits per heavy atom. The summed E-state index contributed by atoms with van der Waals surface area (Å²) in [5.41, 5.74) is 0.739. The van der Waals surface area contributed by atoms with Gasteiger partial charge in [-0.05, 0) is 12.1 Å². The van der Waals surface area contributed by atoms with Crippen LogP contribution in [0.1, 0.15) is 11.1 Å². The Kier molecular flexibility index (Phi) is 4.83. The van der Waals surface area contributed by atoms with E-state index in [1.54, 1.807) is 24.3 Å². The maximum atomic E-state index is 9.26. The number of nitrogens with zero attached hydrogens (tertiary/aromatic N) is 2. The maximum absolute atomic E-state index is 9.26. The summed E-state index contributed by atoms with van der Waals surface area (Å²) >= 11 is 24.2. The Labute approximate surface area is 141 Å². The molecule has 1 N–H and O–H groups in total. The van der Waals surface area contributed by atoms with Crippen LogP contribution in [0.4, 0.5) is 11.4 Å². The van der Waals surface area contributed by atoms with Gasteiger partial charge in [-0.15, -0.1) is 0 Å². The molecule has 0 heterocycles. The van der Waals surface area contributed by atoms with Crippen molar-refractivity contribution in [1.29, 1.82) is 10.5 Å². The molecular formula is C14H5Cl4N3. The minimum atomic E-state index is -0.0519. The lowest BCUT2D eigenvalue weighted by Gasteiger charge is -2.15. The first-order valence-electron chi connectivity index (χ1n) is 5.53. The Bertz CT molecular complexity index is 803. The summed E-state index contributed by atoms with van der Waals surface area (Å²) in [6.45, 7) is 0. The molecule has 0 saturated heterocycles. The number of nitriles is 2. The molecular weight excluding hydrogens is 352 g/mol. The highest BCUT2D eigenvalue weighted by atomic mass is 35.5. The van der Waals surface area contributed by atoms with Crippen LogP contribution < -0.4 is 5.32 Å². The second-order valence-electron chi connectivity index (χ2n) is 3.90. The predicted molar refractivity (Wildman–Crippen MR) is 85.6 cm³/mol. The van der Waals surface area contributed by atoms with Gasteiger partial charge in [0.25, 0.3) is 0 Å². The molecule has 0 spiro atoms. The molecule has 7 heteroatoms. The lowest BCUT2D eigenvalue weighted by molar-refractivity contribution is 1.43. The van der Waals surface area contributed by atoms with E-state index in [1.165, 1.54) is 0 Å². The van der Waals surface area contributed by atoms with E-state index in [-0.39, 0.29) is 31.9 Å². The Hall–Kier alpha value is -1.62. The number of halogens is 4. The molecule has 0 aliphatic rings. The molecule has 0 aliphatic carbocycles. The van der Waals surface area contributed by atoms with Crippen LogP contribution >= 0.6 is 46.4 Å². The van der Waals surface area contributed by atoms with Gasteiger partial charge in [0.1, 0.15) is 12.1 Å². The largest absolute Gasteiger partial charge is 0.352 e. The first-order valence-corrected chi connectivity index (χ1v) is 7.04. The van der Waals surface area contributed by atoms with Gasteiger partial charge in [-0.1, -0.05) is 58.5 Å². The van der Waals surface area contributed by atoms with Crippen LogP contribution in [0, 0.1) is 22.7 Å². The second-order valence-corrected chi connectivity index (χ2v) is 5.44. The molecule has 0 saturated carbocycles. The highest BCUT2D eigenvalue weighted by Crippen LogP contribution is 2.42. The minimum Gasteiger partial charge on any atom is -0.352 e. The number of nitrogens with one attached hydrogen (secondary N) is 1. The van der Waals surface area contributed by atoms with E-state index in [1.807, 2.05) is 12.1 Å². The van der Waals surface area contributed by atoms with Crippen molar-refractivity contribution >= 4 is 57.8 Å². The van der Waals surface area contributed by atoms with Gasteiger partial charge in [0, 0.05) is 0 Å². The van der Waals surface area contributed by atoms with Gasteiger partial charge in [0.05, 0.1) is 42.6 Å². The Morgan fingerprint density at radius 2 is 1.43 bits per heavy atom. The van der Waals surface area contributed by atoms with Gasteiger partial charge < -0.3 is 5.32 Å². The van der Waals surface area contributed by atoms with E-state index in [4.69, 9.17) is 51.7 Å². The van der Waals surface area contributed by atoms with Crippen LogP contribution in [0.25, 0.3) is 0 Å². The van der Waals surface area contributed by atoms with Crippen molar-refractivity contribution in [1.82, 2.24) is 0 Å². The lowest BCUT2D eigenvalue weighted by atomic mass is 10.1. The predicted octanol–water partition coefficient (Wildman–Crippen LogP) is 5.79. The molecule has 2 rings (SSSR count). The molecule has 2 aromatic carbocycles. The quantitative estimate of drug-likeness (QED) is 0.693. The third kappa shape index (κ3) is 2.88. The van der Waals surface area contributed by atoms with E-state index in [0.29, 0.717) is 10.7 Å². The number of benzene rings is 2. The SMILES string of the molecule is N#Cc1c(Cl)c(Cl)c(Nc2ccccc2Cl)c(C#N)c1Cl. The summed E-state index contributed by atoms with van der Waals surface area (Å²) in [4.78, 5) is 0. The minimum absolute atomic E-state index is 0.0160. The van der Waals surface area contributed by atoms with Gasteiger partial charge in [0.2, 0.25) is 0 Å². The number of anilines is 2. The summed E-state index contributed by atoms with van der Waals surface area (Å²) in [6.07, 6.45) is 0. The number of hydrogen-bond donors (Lipinski definition) is 1. The van der Waals surface area contributed by atoms with E-state index >= 15 is 0 Å². The van der Waals surface area contributed by atoms with Crippen LogP contribution in [0.2, 0.25) is 20.1 Å². The lowest BCUT2D eigenvalue weighted by Crippen LogP contribution is -1.99. The van der Waals surface area contributed by atoms with Crippen molar-refractivity contribution in [3.63, 3.8) is 0 Å². The zero-order valence-corrected chi connectivity index (χ0v) is 13.2. The molecule has 2 aromatic rings. The van der Waals surface area contributed by atoms with Crippen LogP contribution in [-0.4, -0.2) is 0 Å². The highest BCUT2D eigenvalue weighted by Gasteiger charge is 2.21. The van der Waals surface area contributed by atoms with E-state index in [9.17, 15) is 5.26 Å². The molecule has 0 fully saturated rings. The summed E-state index contributed by atoms with van der Waals surface area (Å²) in [5, 5.41) is 21.6. The molecule has 0 aromatic heterocycles. The van der Waals surface area contributed by atoms with E-state index < -0.39 is 0 Å². The van der Waals surface area contributed by atoms with Gasteiger partial charge in [0.15, 0.2) is 0 Å². The molecule has 0 aliphatic heterocycles. The molecule has 3 nitrogen and oxygen atoms in total. The molecule has 0 amide bonds. The van der Waals surface area contributed by atoms with Gasteiger partial charge in [-0.3, -0.25) is 0 Å². The monoisotopic (exact) mass is 355 g/mol. The molecule has 0 unspecified atom stereocenters. The molecule has 104 valence electrons. The molecule has 0 radical (unpaired) electrons.